The van der Waals surface area contributed by atoms with E-state index in [0.29, 0.717) is 10.8 Å². The highest BCUT2D eigenvalue weighted by atomic mass is 35.5. The van der Waals surface area contributed by atoms with E-state index in [9.17, 15) is 4.79 Å². The number of nitrogens with zero attached hydrogens (tertiary/aromatic N) is 2. The molecule has 3 rings (SSSR count). The molecule has 1 aliphatic rings. The third-order valence-electron chi connectivity index (χ3n) is 4.19. The molecule has 1 aromatic carbocycles. The SMILES string of the molecule is COc1ccccc1C1CNCCN1CC(=O)Nc1ccc(Cl)cn1.Cl.Cl. The summed E-state index contributed by atoms with van der Waals surface area (Å²) in [6, 6.07) is 11.4. The lowest BCUT2D eigenvalue weighted by atomic mass is 10.0. The Hall–Kier alpha value is -1.57. The van der Waals surface area contributed by atoms with E-state index in [4.69, 9.17) is 16.3 Å². The Balaban J connectivity index is 0.00000182. The van der Waals surface area contributed by atoms with E-state index in [1.54, 1.807) is 19.2 Å². The van der Waals surface area contributed by atoms with Gasteiger partial charge in [-0.25, -0.2) is 4.98 Å². The first-order valence-electron chi connectivity index (χ1n) is 8.16. The lowest BCUT2D eigenvalue weighted by molar-refractivity contribution is -0.118. The maximum Gasteiger partial charge on any atom is 0.239 e. The standard InChI is InChI=1S/C18H21ClN4O2.2ClH/c1-25-16-5-3-2-4-14(16)15-11-20-8-9-23(15)12-18(24)22-17-7-6-13(19)10-21-17;;/h2-7,10,15,20H,8-9,11-12H2,1H3,(H,21,22,24);2*1H. The fourth-order valence-electron chi connectivity index (χ4n) is 3.00. The van der Waals surface area contributed by atoms with E-state index < -0.39 is 0 Å². The first-order chi connectivity index (χ1) is 12.2. The number of anilines is 1. The maximum atomic E-state index is 12.4. The molecular formula is C18H23Cl3N4O2. The number of carbonyl (C=O) groups is 1. The van der Waals surface area contributed by atoms with Gasteiger partial charge < -0.3 is 15.4 Å². The molecule has 6 nitrogen and oxygen atoms in total. The summed E-state index contributed by atoms with van der Waals surface area (Å²) < 4.78 is 5.48. The highest BCUT2D eigenvalue weighted by molar-refractivity contribution is 6.30. The van der Waals surface area contributed by atoms with Gasteiger partial charge in [-0.1, -0.05) is 29.8 Å². The minimum Gasteiger partial charge on any atom is -0.496 e. The number of halogens is 3. The van der Waals surface area contributed by atoms with Crippen LogP contribution in [0.25, 0.3) is 0 Å². The van der Waals surface area contributed by atoms with Crippen LogP contribution in [-0.4, -0.2) is 49.1 Å². The van der Waals surface area contributed by atoms with Crippen molar-refractivity contribution in [3.05, 3.63) is 53.2 Å². The summed E-state index contributed by atoms with van der Waals surface area (Å²) in [6.07, 6.45) is 1.51. The van der Waals surface area contributed by atoms with Gasteiger partial charge in [-0.3, -0.25) is 9.69 Å². The minimum absolute atomic E-state index is 0. The fraction of sp³-hybridized carbons (Fsp3) is 0.333. The van der Waals surface area contributed by atoms with Gasteiger partial charge in [0.05, 0.1) is 24.7 Å². The van der Waals surface area contributed by atoms with E-state index in [2.05, 4.69) is 20.5 Å². The summed E-state index contributed by atoms with van der Waals surface area (Å²) >= 11 is 5.82. The van der Waals surface area contributed by atoms with E-state index >= 15 is 0 Å². The van der Waals surface area contributed by atoms with Gasteiger partial charge in [0, 0.05) is 31.4 Å². The molecule has 0 radical (unpaired) electrons. The fourth-order valence-corrected chi connectivity index (χ4v) is 3.11. The van der Waals surface area contributed by atoms with Crippen LogP contribution in [0.5, 0.6) is 5.75 Å². The summed E-state index contributed by atoms with van der Waals surface area (Å²) in [4.78, 5) is 18.7. The lowest BCUT2D eigenvalue weighted by Gasteiger charge is -2.36. The number of pyridine rings is 1. The Morgan fingerprint density at radius 1 is 1.33 bits per heavy atom. The van der Waals surface area contributed by atoms with Gasteiger partial charge >= 0.3 is 0 Å². The minimum atomic E-state index is -0.100. The predicted octanol–water partition coefficient (Wildman–Crippen LogP) is 3.17. The zero-order chi connectivity index (χ0) is 17.6. The van der Waals surface area contributed by atoms with E-state index in [-0.39, 0.29) is 43.3 Å². The second-order valence-electron chi connectivity index (χ2n) is 5.84. The largest absolute Gasteiger partial charge is 0.496 e. The molecule has 1 amide bonds. The third kappa shape index (κ3) is 6.23. The van der Waals surface area contributed by atoms with Gasteiger partial charge in [0.15, 0.2) is 0 Å². The molecule has 0 saturated carbocycles. The van der Waals surface area contributed by atoms with Crippen LogP contribution in [0.1, 0.15) is 11.6 Å². The smallest absolute Gasteiger partial charge is 0.239 e. The molecule has 1 aliphatic heterocycles. The number of hydrogen-bond donors (Lipinski definition) is 2. The zero-order valence-electron chi connectivity index (χ0n) is 14.9. The van der Waals surface area contributed by atoms with Crippen molar-refractivity contribution >= 4 is 48.1 Å². The van der Waals surface area contributed by atoms with E-state index in [0.717, 1.165) is 30.9 Å². The molecule has 2 aromatic rings. The molecule has 2 N–H and O–H groups in total. The van der Waals surface area contributed by atoms with Gasteiger partial charge in [-0.2, -0.15) is 0 Å². The van der Waals surface area contributed by atoms with E-state index in [1.165, 1.54) is 6.20 Å². The van der Waals surface area contributed by atoms with Crippen LogP contribution in [0.15, 0.2) is 42.6 Å². The summed E-state index contributed by atoms with van der Waals surface area (Å²) in [6.45, 7) is 2.68. The van der Waals surface area contributed by atoms with Crippen molar-refractivity contribution in [3.63, 3.8) is 0 Å². The van der Waals surface area contributed by atoms with Gasteiger partial charge in [-0.05, 0) is 18.2 Å². The molecule has 1 fully saturated rings. The Bertz CT molecular complexity index is 731. The molecule has 148 valence electrons. The van der Waals surface area contributed by atoms with Gasteiger partial charge in [0.1, 0.15) is 11.6 Å². The van der Waals surface area contributed by atoms with Crippen LogP contribution in [0.2, 0.25) is 5.02 Å². The van der Waals surface area contributed by atoms with Crippen LogP contribution >= 0.6 is 36.4 Å². The number of aromatic nitrogens is 1. The molecule has 27 heavy (non-hydrogen) atoms. The Morgan fingerprint density at radius 2 is 2.11 bits per heavy atom. The number of methoxy groups -OCH3 is 1. The molecule has 1 unspecified atom stereocenters. The molecule has 9 heteroatoms. The molecule has 1 aromatic heterocycles. The van der Waals surface area contributed by atoms with Crippen LogP contribution in [0.3, 0.4) is 0 Å². The van der Waals surface area contributed by atoms with Gasteiger partial charge in [0.25, 0.3) is 0 Å². The predicted molar refractivity (Wildman–Crippen MR) is 113 cm³/mol. The summed E-state index contributed by atoms with van der Waals surface area (Å²) in [7, 11) is 1.67. The zero-order valence-corrected chi connectivity index (χ0v) is 17.2. The second-order valence-corrected chi connectivity index (χ2v) is 6.28. The number of para-hydroxylation sites is 1. The van der Waals surface area contributed by atoms with Crippen molar-refractivity contribution < 1.29 is 9.53 Å². The normalized spacial score (nSPS) is 16.6. The molecule has 1 saturated heterocycles. The van der Waals surface area contributed by atoms with Gasteiger partial charge in [0.2, 0.25) is 5.91 Å². The third-order valence-corrected chi connectivity index (χ3v) is 4.42. The average Bonchev–Trinajstić information content (AvgIpc) is 2.64. The number of nitrogens with one attached hydrogen (secondary N) is 2. The van der Waals surface area contributed by atoms with Crippen LogP contribution in [-0.2, 0) is 4.79 Å². The number of carbonyl (C=O) groups excluding carboxylic acids is 1. The van der Waals surface area contributed by atoms with Crippen molar-refractivity contribution in [2.75, 3.05) is 38.6 Å². The first kappa shape index (κ1) is 23.5. The maximum absolute atomic E-state index is 12.4. The summed E-state index contributed by atoms with van der Waals surface area (Å²) in [5.74, 6) is 1.23. The number of ether oxygens (including phenoxy) is 1. The van der Waals surface area contributed by atoms with Crippen molar-refractivity contribution in [1.29, 1.82) is 0 Å². The Kier molecular flexibility index (Phi) is 9.83. The highest BCUT2D eigenvalue weighted by Crippen LogP contribution is 2.29. The molecule has 1 atom stereocenters. The van der Waals surface area contributed by atoms with Gasteiger partial charge in [-0.15, -0.1) is 24.8 Å². The monoisotopic (exact) mass is 432 g/mol. The highest BCUT2D eigenvalue weighted by Gasteiger charge is 2.27. The number of amides is 1. The average molecular weight is 434 g/mol. The van der Waals surface area contributed by atoms with Crippen LogP contribution < -0.4 is 15.4 Å². The first-order valence-corrected chi connectivity index (χ1v) is 8.54. The molecular weight excluding hydrogens is 411 g/mol. The van der Waals surface area contributed by atoms with Crippen molar-refractivity contribution in [2.45, 2.75) is 6.04 Å². The Labute approximate surface area is 176 Å². The molecule has 0 bridgehead atoms. The molecule has 2 heterocycles. The van der Waals surface area contributed by atoms with Crippen molar-refractivity contribution in [3.8, 4) is 5.75 Å². The van der Waals surface area contributed by atoms with Crippen LogP contribution in [0, 0.1) is 0 Å². The number of piperazine rings is 1. The molecule has 0 spiro atoms. The number of rotatable bonds is 5. The quantitative estimate of drug-likeness (QED) is 0.758. The number of benzene rings is 1. The lowest BCUT2D eigenvalue weighted by Crippen LogP contribution is -2.48. The van der Waals surface area contributed by atoms with Crippen molar-refractivity contribution in [1.82, 2.24) is 15.2 Å². The van der Waals surface area contributed by atoms with Crippen molar-refractivity contribution in [2.24, 2.45) is 0 Å². The summed E-state index contributed by atoms with van der Waals surface area (Å²) in [5.41, 5.74) is 1.08. The van der Waals surface area contributed by atoms with Crippen LogP contribution in [0.4, 0.5) is 5.82 Å². The summed E-state index contributed by atoms with van der Waals surface area (Å²) in [5, 5.41) is 6.74. The molecule has 0 aliphatic carbocycles. The second kappa shape index (κ2) is 11.3. The van der Waals surface area contributed by atoms with E-state index in [1.807, 2.05) is 24.3 Å². The topological polar surface area (TPSA) is 66.5 Å². The Morgan fingerprint density at radius 3 is 2.81 bits per heavy atom. The number of hydrogen-bond acceptors (Lipinski definition) is 5.